The highest BCUT2D eigenvalue weighted by Gasteiger charge is 2.71. The van der Waals surface area contributed by atoms with E-state index in [1.165, 1.54) is 10.9 Å². The predicted molar refractivity (Wildman–Crippen MR) is 140 cm³/mol. The minimum Gasteiger partial charge on any atom is -0.369 e. The van der Waals surface area contributed by atoms with E-state index in [4.69, 9.17) is 0 Å². The van der Waals surface area contributed by atoms with Crippen LogP contribution in [0.2, 0.25) is 0 Å². The SMILES string of the molecule is OC(c1ccc(-c2ccc(CN3CCN(Cc4ccnc5ccccc45)CC3)cc2)cc1)(C(F)(F)F)C(F)(F)F. The molecule has 0 unspecified atom stereocenters. The van der Waals surface area contributed by atoms with E-state index in [1.54, 1.807) is 12.1 Å². The molecule has 0 saturated carbocycles. The average Bonchev–Trinajstić information content (AvgIpc) is 2.93. The largest absolute Gasteiger partial charge is 0.430 e. The van der Waals surface area contributed by atoms with Crippen LogP contribution in [0, 0.1) is 0 Å². The van der Waals surface area contributed by atoms with Gasteiger partial charge in [-0.1, -0.05) is 66.7 Å². The Kier molecular flexibility index (Phi) is 7.60. The van der Waals surface area contributed by atoms with E-state index in [2.05, 4.69) is 26.9 Å². The molecule has 0 amide bonds. The fourth-order valence-corrected chi connectivity index (χ4v) is 5.09. The second-order valence-corrected chi connectivity index (χ2v) is 10.0. The number of para-hydroxylation sites is 1. The Morgan fingerprint density at radius 2 is 1.18 bits per heavy atom. The van der Waals surface area contributed by atoms with Crippen LogP contribution in [0.1, 0.15) is 16.7 Å². The molecule has 4 aromatic rings. The van der Waals surface area contributed by atoms with E-state index >= 15 is 0 Å². The molecule has 1 saturated heterocycles. The number of hydrogen-bond acceptors (Lipinski definition) is 4. The average molecular weight is 560 g/mol. The lowest BCUT2D eigenvalue weighted by molar-refractivity contribution is -0.376. The maximum Gasteiger partial charge on any atom is 0.430 e. The molecule has 210 valence electrons. The van der Waals surface area contributed by atoms with Crippen LogP contribution >= 0.6 is 0 Å². The molecule has 5 rings (SSSR count). The van der Waals surface area contributed by atoms with Crippen molar-refractivity contribution in [1.29, 1.82) is 0 Å². The zero-order chi connectivity index (χ0) is 28.5. The third kappa shape index (κ3) is 5.56. The van der Waals surface area contributed by atoms with Gasteiger partial charge in [-0.05, 0) is 34.4 Å². The number of pyridine rings is 1. The van der Waals surface area contributed by atoms with Crippen LogP contribution in [0.25, 0.3) is 22.0 Å². The van der Waals surface area contributed by atoms with Crippen LogP contribution in [-0.4, -0.2) is 58.4 Å². The molecule has 10 heteroatoms. The number of fused-ring (bicyclic) bond motifs is 1. The third-order valence-electron chi connectivity index (χ3n) is 7.41. The maximum absolute atomic E-state index is 13.1. The van der Waals surface area contributed by atoms with E-state index in [1.807, 2.05) is 36.5 Å². The van der Waals surface area contributed by atoms with E-state index in [9.17, 15) is 31.4 Å². The van der Waals surface area contributed by atoms with E-state index in [0.29, 0.717) is 23.3 Å². The molecule has 1 aromatic heterocycles. The molecule has 0 atom stereocenters. The van der Waals surface area contributed by atoms with Gasteiger partial charge in [0, 0.05) is 56.4 Å². The van der Waals surface area contributed by atoms with E-state index < -0.39 is 23.5 Å². The number of benzene rings is 3. The Hall–Kier alpha value is -3.47. The molecule has 0 bridgehead atoms. The fourth-order valence-electron chi connectivity index (χ4n) is 5.09. The Morgan fingerprint density at radius 3 is 1.75 bits per heavy atom. The van der Waals surface area contributed by atoms with Crippen molar-refractivity contribution in [3.05, 3.63) is 102 Å². The van der Waals surface area contributed by atoms with Gasteiger partial charge >= 0.3 is 12.4 Å². The summed E-state index contributed by atoms with van der Waals surface area (Å²) in [5.74, 6) is 0. The summed E-state index contributed by atoms with van der Waals surface area (Å²) in [6.07, 6.45) is -9.97. The summed E-state index contributed by atoms with van der Waals surface area (Å²) in [6, 6.07) is 21.2. The highest BCUT2D eigenvalue weighted by atomic mass is 19.4. The molecule has 0 radical (unpaired) electrons. The zero-order valence-corrected chi connectivity index (χ0v) is 21.4. The molecular formula is C30H27F6N3O. The van der Waals surface area contributed by atoms with E-state index in [-0.39, 0.29) is 0 Å². The standard InChI is InChI=1S/C30H27F6N3O/c31-29(32,33)28(40,30(34,35)36)25-11-9-23(10-12-25)22-7-5-21(6-8-22)19-38-15-17-39(18-16-38)20-24-13-14-37-27-4-2-1-3-26(24)27/h1-14,40H,15-20H2. The van der Waals surface area contributed by atoms with Gasteiger partial charge < -0.3 is 5.11 Å². The van der Waals surface area contributed by atoms with Gasteiger partial charge in [0.15, 0.2) is 0 Å². The van der Waals surface area contributed by atoms with Crippen LogP contribution < -0.4 is 0 Å². The Balaban J connectivity index is 1.19. The smallest absolute Gasteiger partial charge is 0.369 e. The fraction of sp³-hybridized carbons (Fsp3) is 0.300. The number of alkyl halides is 6. The van der Waals surface area contributed by atoms with Crippen molar-refractivity contribution in [2.45, 2.75) is 31.0 Å². The van der Waals surface area contributed by atoms with Gasteiger partial charge in [-0.15, -0.1) is 0 Å². The molecule has 1 aliphatic heterocycles. The summed E-state index contributed by atoms with van der Waals surface area (Å²) in [5, 5.41) is 10.7. The molecule has 1 aliphatic rings. The first kappa shape index (κ1) is 28.1. The van der Waals surface area contributed by atoms with Crippen LogP contribution in [0.15, 0.2) is 85.1 Å². The van der Waals surface area contributed by atoms with Gasteiger partial charge in [0.1, 0.15) is 0 Å². The second kappa shape index (κ2) is 10.8. The number of aromatic nitrogens is 1. The Morgan fingerprint density at radius 1 is 0.650 bits per heavy atom. The van der Waals surface area contributed by atoms with Crippen molar-refractivity contribution in [1.82, 2.24) is 14.8 Å². The first-order valence-electron chi connectivity index (χ1n) is 12.8. The first-order valence-corrected chi connectivity index (χ1v) is 12.8. The summed E-state index contributed by atoms with van der Waals surface area (Å²) in [6.45, 7) is 5.22. The van der Waals surface area contributed by atoms with Crippen molar-refractivity contribution in [2.75, 3.05) is 26.2 Å². The Bertz CT molecular complexity index is 1420. The summed E-state index contributed by atoms with van der Waals surface area (Å²) in [4.78, 5) is 9.20. The zero-order valence-electron chi connectivity index (χ0n) is 21.4. The monoisotopic (exact) mass is 559 g/mol. The second-order valence-electron chi connectivity index (χ2n) is 10.0. The van der Waals surface area contributed by atoms with Crippen molar-refractivity contribution >= 4 is 10.9 Å². The predicted octanol–water partition coefficient (Wildman–Crippen LogP) is 6.53. The molecule has 0 spiro atoms. The van der Waals surface area contributed by atoms with Gasteiger partial charge in [-0.2, -0.15) is 26.3 Å². The molecule has 4 nitrogen and oxygen atoms in total. The molecule has 1 fully saturated rings. The molecule has 1 N–H and O–H groups in total. The lowest BCUT2D eigenvalue weighted by atomic mass is 9.90. The normalized spacial score (nSPS) is 16.0. The Labute approximate surface area is 227 Å². The quantitative estimate of drug-likeness (QED) is 0.273. The van der Waals surface area contributed by atoms with Crippen molar-refractivity contribution in [3.8, 4) is 11.1 Å². The number of nitrogens with zero attached hydrogens (tertiary/aromatic N) is 3. The first-order chi connectivity index (χ1) is 19.0. The van der Waals surface area contributed by atoms with Crippen molar-refractivity contribution in [2.24, 2.45) is 0 Å². The van der Waals surface area contributed by atoms with Gasteiger partial charge in [0.05, 0.1) is 5.52 Å². The topological polar surface area (TPSA) is 39.6 Å². The number of piperazine rings is 1. The van der Waals surface area contributed by atoms with Crippen molar-refractivity contribution < 1.29 is 31.4 Å². The van der Waals surface area contributed by atoms with Gasteiger partial charge in [0.25, 0.3) is 5.60 Å². The molecular weight excluding hydrogens is 532 g/mol. The van der Waals surface area contributed by atoms with Gasteiger partial charge in [-0.3, -0.25) is 14.8 Å². The lowest BCUT2D eigenvalue weighted by Crippen LogP contribution is -2.53. The molecule has 3 aromatic carbocycles. The maximum atomic E-state index is 13.1. The van der Waals surface area contributed by atoms with Gasteiger partial charge in [0.2, 0.25) is 0 Å². The van der Waals surface area contributed by atoms with Crippen LogP contribution in [0.5, 0.6) is 0 Å². The number of hydrogen-bond donors (Lipinski definition) is 1. The molecule has 0 aliphatic carbocycles. The number of halogens is 6. The summed E-state index contributed by atoms with van der Waals surface area (Å²) in [7, 11) is 0. The molecule has 40 heavy (non-hydrogen) atoms. The van der Waals surface area contributed by atoms with Crippen LogP contribution in [0.4, 0.5) is 26.3 Å². The summed E-state index contributed by atoms with van der Waals surface area (Å²) in [5.41, 5.74) is -1.82. The lowest BCUT2D eigenvalue weighted by Gasteiger charge is -2.35. The summed E-state index contributed by atoms with van der Waals surface area (Å²) < 4.78 is 78.9. The highest BCUT2D eigenvalue weighted by molar-refractivity contribution is 5.81. The minimum atomic E-state index is -5.91. The summed E-state index contributed by atoms with van der Waals surface area (Å²) >= 11 is 0. The number of rotatable bonds is 6. The van der Waals surface area contributed by atoms with Gasteiger partial charge in [-0.25, -0.2) is 0 Å². The minimum absolute atomic E-state index is 0.444. The van der Waals surface area contributed by atoms with Crippen LogP contribution in [0.3, 0.4) is 0 Å². The van der Waals surface area contributed by atoms with Crippen LogP contribution in [-0.2, 0) is 18.7 Å². The highest BCUT2D eigenvalue weighted by Crippen LogP contribution is 2.50. The number of aliphatic hydroxyl groups is 1. The van der Waals surface area contributed by atoms with E-state index in [0.717, 1.165) is 62.5 Å². The van der Waals surface area contributed by atoms with Crippen molar-refractivity contribution in [3.63, 3.8) is 0 Å². The third-order valence-corrected chi connectivity index (χ3v) is 7.41. The molecule has 2 heterocycles.